The van der Waals surface area contributed by atoms with Crippen molar-refractivity contribution < 1.29 is 18.8 Å². The number of thiocarbonyl (C=S) groups is 1. The summed E-state index contributed by atoms with van der Waals surface area (Å²) < 4.78 is 10.5. The second kappa shape index (κ2) is 9.28. The molecular weight excluding hydrogens is 350 g/mol. The van der Waals surface area contributed by atoms with Crippen LogP contribution in [0.4, 0.5) is 5.69 Å². The molecule has 0 radical (unpaired) electrons. The lowest BCUT2D eigenvalue weighted by molar-refractivity contribution is -0.921. The summed E-state index contributed by atoms with van der Waals surface area (Å²) in [6, 6.07) is 11.6. The first kappa shape index (κ1) is 18.3. The smallest absolute Gasteiger partial charge is 0.250 e. The van der Waals surface area contributed by atoms with Crippen molar-refractivity contribution in [1.29, 1.82) is 0 Å². The van der Waals surface area contributed by atoms with E-state index in [1.165, 1.54) is 16.5 Å². The summed E-state index contributed by atoms with van der Waals surface area (Å²) in [5.41, 5.74) is 2.11. The fourth-order valence-corrected chi connectivity index (χ4v) is 2.91. The lowest BCUT2D eigenvalue weighted by Crippen LogP contribution is -3.12. The molecule has 3 N–H and O–H groups in total. The van der Waals surface area contributed by atoms with E-state index < -0.39 is 0 Å². The average molecular weight is 372 g/mol. The van der Waals surface area contributed by atoms with Crippen molar-refractivity contribution in [3.05, 3.63) is 60.1 Å². The van der Waals surface area contributed by atoms with Gasteiger partial charge in [0.15, 0.2) is 5.11 Å². The van der Waals surface area contributed by atoms with Gasteiger partial charge in [-0.1, -0.05) is 12.1 Å². The maximum Gasteiger partial charge on any atom is 0.250 e. The number of benzene rings is 1. The van der Waals surface area contributed by atoms with Crippen LogP contribution in [-0.4, -0.2) is 37.3 Å². The summed E-state index contributed by atoms with van der Waals surface area (Å²) in [4.78, 5) is 13.4. The highest BCUT2D eigenvalue weighted by Gasteiger charge is 2.14. The number of carbonyl (C=O) groups is 1. The number of furan rings is 1. The van der Waals surface area contributed by atoms with E-state index >= 15 is 0 Å². The van der Waals surface area contributed by atoms with Gasteiger partial charge in [-0.3, -0.25) is 10.1 Å². The summed E-state index contributed by atoms with van der Waals surface area (Å²) in [7, 11) is 0. The number of ether oxygens (including phenoxy) is 1. The van der Waals surface area contributed by atoms with Crippen LogP contribution in [0.15, 0.2) is 53.2 Å². The summed E-state index contributed by atoms with van der Waals surface area (Å²) in [6.07, 6.45) is 4.51. The van der Waals surface area contributed by atoms with Crippen LogP contribution in [-0.2, 0) is 16.1 Å². The normalized spacial score (nSPS) is 15.1. The third-order valence-corrected chi connectivity index (χ3v) is 4.25. The Labute approximate surface area is 157 Å². The van der Waals surface area contributed by atoms with Gasteiger partial charge < -0.3 is 19.4 Å². The van der Waals surface area contributed by atoms with Crippen LogP contribution in [0.25, 0.3) is 6.08 Å². The molecule has 7 heteroatoms. The Morgan fingerprint density at radius 2 is 1.96 bits per heavy atom. The second-order valence-electron chi connectivity index (χ2n) is 6.03. The molecule has 2 aromatic rings. The molecule has 1 saturated heterocycles. The summed E-state index contributed by atoms with van der Waals surface area (Å²) >= 11 is 5.17. The fourth-order valence-electron chi connectivity index (χ4n) is 2.69. The van der Waals surface area contributed by atoms with Gasteiger partial charge in [-0.2, -0.15) is 0 Å². The molecule has 26 heavy (non-hydrogen) atoms. The molecule has 0 spiro atoms. The van der Waals surface area contributed by atoms with Crippen molar-refractivity contribution in [2.45, 2.75) is 6.54 Å². The van der Waals surface area contributed by atoms with Gasteiger partial charge in [-0.25, -0.2) is 0 Å². The van der Waals surface area contributed by atoms with Gasteiger partial charge in [0.2, 0.25) is 5.91 Å². The minimum Gasteiger partial charge on any atom is -0.465 e. The molecule has 1 aliphatic rings. The molecule has 1 fully saturated rings. The molecule has 1 aromatic heterocycles. The number of amides is 1. The zero-order valence-electron chi connectivity index (χ0n) is 14.4. The molecular formula is C19H22N3O3S+. The topological polar surface area (TPSA) is 67.9 Å². The van der Waals surface area contributed by atoms with Gasteiger partial charge >= 0.3 is 0 Å². The van der Waals surface area contributed by atoms with Crippen LogP contribution in [0, 0.1) is 0 Å². The molecule has 1 amide bonds. The van der Waals surface area contributed by atoms with Crippen molar-refractivity contribution in [3.63, 3.8) is 0 Å². The molecule has 136 valence electrons. The van der Waals surface area contributed by atoms with Gasteiger partial charge in [0, 0.05) is 17.3 Å². The highest BCUT2D eigenvalue weighted by atomic mass is 32.1. The molecule has 1 aliphatic heterocycles. The number of nitrogens with one attached hydrogen (secondary N) is 3. The fraction of sp³-hybridized carbons (Fsp3) is 0.263. The van der Waals surface area contributed by atoms with E-state index in [9.17, 15) is 4.79 Å². The third kappa shape index (κ3) is 5.80. The zero-order chi connectivity index (χ0) is 18.2. The van der Waals surface area contributed by atoms with E-state index in [2.05, 4.69) is 22.8 Å². The van der Waals surface area contributed by atoms with Crippen molar-refractivity contribution in [2.75, 3.05) is 31.6 Å². The van der Waals surface area contributed by atoms with Gasteiger partial charge in [0.05, 0.1) is 19.5 Å². The Hall–Kier alpha value is -2.48. The second-order valence-corrected chi connectivity index (χ2v) is 6.44. The van der Waals surface area contributed by atoms with Crippen LogP contribution >= 0.6 is 12.2 Å². The van der Waals surface area contributed by atoms with Crippen LogP contribution < -0.4 is 15.5 Å². The summed E-state index contributed by atoms with van der Waals surface area (Å²) in [5, 5.41) is 5.87. The van der Waals surface area contributed by atoms with Gasteiger partial charge in [0.1, 0.15) is 25.4 Å². The number of morpholine rings is 1. The number of quaternary nitrogens is 1. The van der Waals surface area contributed by atoms with E-state index in [4.69, 9.17) is 21.4 Å². The van der Waals surface area contributed by atoms with Crippen LogP contribution in [0.5, 0.6) is 0 Å². The van der Waals surface area contributed by atoms with E-state index in [1.54, 1.807) is 24.5 Å². The molecule has 0 aliphatic carbocycles. The molecule has 0 bridgehead atoms. The largest absolute Gasteiger partial charge is 0.465 e. The third-order valence-electron chi connectivity index (χ3n) is 4.04. The van der Waals surface area contributed by atoms with Crippen LogP contribution in [0.2, 0.25) is 0 Å². The Balaban J connectivity index is 1.45. The van der Waals surface area contributed by atoms with Crippen molar-refractivity contribution >= 4 is 35.0 Å². The minimum atomic E-state index is -0.313. The first-order valence-electron chi connectivity index (χ1n) is 8.53. The van der Waals surface area contributed by atoms with Gasteiger partial charge in [-0.15, -0.1) is 0 Å². The molecule has 0 atom stereocenters. The number of carbonyl (C=O) groups excluding carboxylic acids is 1. The van der Waals surface area contributed by atoms with Crippen molar-refractivity contribution in [1.82, 2.24) is 5.32 Å². The molecule has 1 aromatic carbocycles. The SMILES string of the molecule is O=C(/C=C/c1ccco1)NC(=S)Nc1ccc(C[NH+]2CCOCC2)cc1. The molecule has 3 rings (SSSR count). The average Bonchev–Trinajstić information content (AvgIpc) is 3.16. The minimum absolute atomic E-state index is 0.255. The van der Waals surface area contributed by atoms with Gasteiger partial charge in [-0.05, 0) is 42.6 Å². The quantitative estimate of drug-likeness (QED) is 0.544. The first-order valence-corrected chi connectivity index (χ1v) is 8.94. The number of rotatable bonds is 5. The molecule has 6 nitrogen and oxygen atoms in total. The first-order chi connectivity index (χ1) is 12.7. The zero-order valence-corrected chi connectivity index (χ0v) is 15.2. The highest BCUT2D eigenvalue weighted by Crippen LogP contribution is 2.09. The predicted molar refractivity (Wildman–Crippen MR) is 104 cm³/mol. The monoisotopic (exact) mass is 372 g/mol. The molecule has 2 heterocycles. The Bertz CT molecular complexity index is 751. The van der Waals surface area contributed by atoms with Crippen LogP contribution in [0.1, 0.15) is 11.3 Å². The standard InChI is InChI=1S/C19H21N3O3S/c23-18(8-7-17-2-1-11-25-17)21-19(26)20-16-5-3-15(4-6-16)14-22-9-12-24-13-10-22/h1-8,11H,9-10,12-14H2,(H2,20,21,23,26)/p+1/b8-7+. The predicted octanol–water partition coefficient (Wildman–Crippen LogP) is 1.22. The number of hydrogen-bond donors (Lipinski definition) is 3. The number of hydrogen-bond acceptors (Lipinski definition) is 4. The molecule has 0 unspecified atom stereocenters. The summed E-state index contributed by atoms with van der Waals surface area (Å²) in [6.45, 7) is 4.74. The maximum absolute atomic E-state index is 11.8. The van der Waals surface area contributed by atoms with Gasteiger partial charge in [0.25, 0.3) is 0 Å². The molecule has 0 saturated carbocycles. The van der Waals surface area contributed by atoms with E-state index in [0.717, 1.165) is 38.5 Å². The Morgan fingerprint density at radius 1 is 1.19 bits per heavy atom. The lowest BCUT2D eigenvalue weighted by atomic mass is 10.2. The van der Waals surface area contributed by atoms with E-state index in [0.29, 0.717) is 5.76 Å². The Kier molecular flexibility index (Phi) is 6.54. The highest BCUT2D eigenvalue weighted by molar-refractivity contribution is 7.80. The Morgan fingerprint density at radius 3 is 2.65 bits per heavy atom. The van der Waals surface area contributed by atoms with E-state index in [-0.39, 0.29) is 11.0 Å². The van der Waals surface area contributed by atoms with Crippen LogP contribution in [0.3, 0.4) is 0 Å². The van der Waals surface area contributed by atoms with Crippen molar-refractivity contribution in [3.8, 4) is 0 Å². The number of anilines is 1. The maximum atomic E-state index is 11.8. The van der Waals surface area contributed by atoms with Crippen molar-refractivity contribution in [2.24, 2.45) is 0 Å². The lowest BCUT2D eigenvalue weighted by Gasteiger charge is -2.23. The van der Waals surface area contributed by atoms with E-state index in [1.807, 2.05) is 12.1 Å². The summed E-state index contributed by atoms with van der Waals surface area (Å²) in [5.74, 6) is 0.295.